The number of oxime groups is 1. The zero-order valence-corrected chi connectivity index (χ0v) is 11.8. The quantitative estimate of drug-likeness (QED) is 0.337. The Bertz CT molecular complexity index is 486. The van der Waals surface area contributed by atoms with Crippen molar-refractivity contribution in [2.24, 2.45) is 16.8 Å². The first-order valence-electron chi connectivity index (χ1n) is 6.26. The van der Waals surface area contributed by atoms with Crippen LogP contribution in [-0.4, -0.2) is 17.0 Å². The lowest BCUT2D eigenvalue weighted by molar-refractivity contribution is -0.118. The van der Waals surface area contributed by atoms with Gasteiger partial charge in [-0.2, -0.15) is 0 Å². The minimum absolute atomic E-state index is 0.0672. The topological polar surface area (TPSA) is 87.7 Å². The largest absolute Gasteiger partial charge is 0.409 e. The van der Waals surface area contributed by atoms with Crippen molar-refractivity contribution >= 4 is 17.4 Å². The summed E-state index contributed by atoms with van der Waals surface area (Å²) >= 11 is 0. The number of amides is 1. The van der Waals surface area contributed by atoms with Gasteiger partial charge >= 0.3 is 0 Å². The van der Waals surface area contributed by atoms with E-state index in [1.807, 2.05) is 39.8 Å². The monoisotopic (exact) mass is 263 g/mol. The smallest absolute Gasteiger partial charge is 0.235 e. The predicted octanol–water partition coefficient (Wildman–Crippen LogP) is 2.32. The maximum absolute atomic E-state index is 12.2. The fraction of sp³-hybridized carbons (Fsp3) is 0.429. The number of aryl methyl sites for hydroxylation is 3. The van der Waals surface area contributed by atoms with Gasteiger partial charge in [0.25, 0.3) is 0 Å². The highest BCUT2D eigenvalue weighted by atomic mass is 16.4. The highest BCUT2D eigenvalue weighted by Crippen LogP contribution is 2.22. The fourth-order valence-corrected chi connectivity index (χ4v) is 2.19. The number of hydrogen-bond acceptors (Lipinski definition) is 3. The molecular formula is C14H21N3O2. The van der Waals surface area contributed by atoms with Crippen LogP contribution in [0.4, 0.5) is 5.69 Å². The molecule has 1 rings (SSSR count). The lowest BCUT2D eigenvalue weighted by Gasteiger charge is -2.17. The molecule has 5 nitrogen and oxygen atoms in total. The van der Waals surface area contributed by atoms with E-state index in [2.05, 4.69) is 10.5 Å². The molecule has 0 aliphatic heterocycles. The first kappa shape index (κ1) is 15.0. The minimum Gasteiger partial charge on any atom is -0.409 e. The van der Waals surface area contributed by atoms with Gasteiger partial charge < -0.3 is 16.3 Å². The van der Waals surface area contributed by atoms with Crippen molar-refractivity contribution in [3.63, 3.8) is 0 Å². The van der Waals surface area contributed by atoms with Gasteiger partial charge in [-0.25, -0.2) is 0 Å². The highest BCUT2D eigenvalue weighted by Gasteiger charge is 2.22. The second kappa shape index (κ2) is 6.22. The van der Waals surface area contributed by atoms with E-state index >= 15 is 0 Å². The number of nitrogens with zero attached hydrogens (tertiary/aromatic N) is 1. The number of carbonyl (C=O) groups is 1. The van der Waals surface area contributed by atoms with Crippen LogP contribution in [0.1, 0.15) is 30.0 Å². The maximum atomic E-state index is 12.2. The third-order valence-electron chi connectivity index (χ3n) is 3.12. The highest BCUT2D eigenvalue weighted by molar-refractivity contribution is 6.08. The molecule has 0 spiro atoms. The van der Waals surface area contributed by atoms with Crippen LogP contribution in [0.15, 0.2) is 17.3 Å². The number of nitrogens with one attached hydrogen (secondary N) is 1. The summed E-state index contributed by atoms with van der Waals surface area (Å²) in [4.78, 5) is 12.2. The third-order valence-corrected chi connectivity index (χ3v) is 3.12. The van der Waals surface area contributed by atoms with Gasteiger partial charge in [0.2, 0.25) is 5.91 Å². The number of rotatable bonds is 4. The van der Waals surface area contributed by atoms with Gasteiger partial charge in [0.05, 0.1) is 5.92 Å². The van der Waals surface area contributed by atoms with E-state index in [0.717, 1.165) is 22.4 Å². The molecule has 0 fully saturated rings. The molecule has 19 heavy (non-hydrogen) atoms. The van der Waals surface area contributed by atoms with Crippen molar-refractivity contribution in [1.82, 2.24) is 0 Å². The van der Waals surface area contributed by atoms with E-state index in [-0.39, 0.29) is 11.7 Å². The van der Waals surface area contributed by atoms with Gasteiger partial charge in [-0.15, -0.1) is 0 Å². The zero-order chi connectivity index (χ0) is 14.6. The summed E-state index contributed by atoms with van der Waals surface area (Å²) in [5.41, 5.74) is 9.46. The molecule has 0 aliphatic rings. The van der Waals surface area contributed by atoms with Gasteiger partial charge in [0.1, 0.15) is 0 Å². The standard InChI is InChI=1S/C14H21N3O2/c1-5-11(13(15)17-19)14(18)16-12-9(3)6-8(2)7-10(12)4/h6-7,11,19H,5H2,1-4H3,(H2,15,17)(H,16,18). The van der Waals surface area contributed by atoms with Crippen molar-refractivity contribution in [1.29, 1.82) is 0 Å². The molecule has 1 aromatic carbocycles. The minimum atomic E-state index is -0.620. The summed E-state index contributed by atoms with van der Waals surface area (Å²) < 4.78 is 0. The Morgan fingerprint density at radius 3 is 2.32 bits per heavy atom. The summed E-state index contributed by atoms with van der Waals surface area (Å²) in [5, 5.41) is 14.5. The zero-order valence-electron chi connectivity index (χ0n) is 11.8. The van der Waals surface area contributed by atoms with Crippen LogP contribution in [0, 0.1) is 26.7 Å². The molecule has 5 heteroatoms. The van der Waals surface area contributed by atoms with Crippen LogP contribution in [0.2, 0.25) is 0 Å². The van der Waals surface area contributed by atoms with E-state index in [0.29, 0.717) is 6.42 Å². The van der Waals surface area contributed by atoms with E-state index in [1.165, 1.54) is 0 Å². The Kier molecular flexibility index (Phi) is 4.92. The van der Waals surface area contributed by atoms with E-state index in [1.54, 1.807) is 0 Å². The normalized spacial score (nSPS) is 13.2. The summed E-state index contributed by atoms with van der Waals surface area (Å²) in [6, 6.07) is 4.01. The van der Waals surface area contributed by atoms with Crippen molar-refractivity contribution in [3.8, 4) is 0 Å². The second-order valence-electron chi connectivity index (χ2n) is 4.75. The molecule has 4 N–H and O–H groups in total. The molecule has 0 saturated carbocycles. The van der Waals surface area contributed by atoms with Crippen LogP contribution >= 0.6 is 0 Å². The first-order valence-corrected chi connectivity index (χ1v) is 6.26. The van der Waals surface area contributed by atoms with Crippen LogP contribution < -0.4 is 11.1 Å². The van der Waals surface area contributed by atoms with Crippen molar-refractivity contribution < 1.29 is 10.0 Å². The molecule has 0 aromatic heterocycles. The molecule has 1 amide bonds. The third kappa shape index (κ3) is 3.47. The second-order valence-corrected chi connectivity index (χ2v) is 4.75. The number of amidine groups is 1. The molecule has 0 saturated heterocycles. The first-order chi connectivity index (χ1) is 8.90. The predicted molar refractivity (Wildman–Crippen MR) is 76.5 cm³/mol. The number of carbonyl (C=O) groups excluding carboxylic acids is 1. The average Bonchev–Trinajstić information content (AvgIpc) is 2.34. The molecule has 0 aliphatic carbocycles. The lowest BCUT2D eigenvalue weighted by atomic mass is 10.0. The average molecular weight is 263 g/mol. The number of benzene rings is 1. The summed E-state index contributed by atoms with van der Waals surface area (Å²) in [5.74, 6) is -0.944. The summed E-state index contributed by atoms with van der Waals surface area (Å²) in [6.45, 7) is 7.72. The van der Waals surface area contributed by atoms with Crippen LogP contribution in [0.3, 0.4) is 0 Å². The molecule has 1 atom stereocenters. The van der Waals surface area contributed by atoms with Gasteiger partial charge in [-0.3, -0.25) is 4.79 Å². The molecule has 0 bridgehead atoms. The Labute approximate surface area is 113 Å². The van der Waals surface area contributed by atoms with Crippen LogP contribution in [0.5, 0.6) is 0 Å². The van der Waals surface area contributed by atoms with Crippen molar-refractivity contribution in [2.75, 3.05) is 5.32 Å². The SMILES string of the molecule is CCC(C(=O)Nc1c(C)cc(C)cc1C)C(N)=NO. The molecule has 1 aromatic rings. The van der Waals surface area contributed by atoms with E-state index < -0.39 is 5.92 Å². The van der Waals surface area contributed by atoms with Gasteiger partial charge in [0.15, 0.2) is 5.84 Å². The Balaban J connectivity index is 3.00. The number of hydrogen-bond donors (Lipinski definition) is 3. The summed E-state index contributed by atoms with van der Waals surface area (Å²) in [6.07, 6.45) is 0.478. The Hall–Kier alpha value is -2.04. The maximum Gasteiger partial charge on any atom is 0.235 e. The molecule has 1 unspecified atom stereocenters. The molecule has 0 radical (unpaired) electrons. The van der Waals surface area contributed by atoms with Crippen molar-refractivity contribution in [2.45, 2.75) is 34.1 Å². The van der Waals surface area contributed by atoms with Gasteiger partial charge in [-0.1, -0.05) is 29.8 Å². The Morgan fingerprint density at radius 2 is 1.89 bits per heavy atom. The van der Waals surface area contributed by atoms with E-state index in [9.17, 15) is 4.79 Å². The van der Waals surface area contributed by atoms with Crippen LogP contribution in [-0.2, 0) is 4.79 Å². The number of anilines is 1. The Morgan fingerprint density at radius 1 is 1.37 bits per heavy atom. The van der Waals surface area contributed by atoms with E-state index in [4.69, 9.17) is 10.9 Å². The molecular weight excluding hydrogens is 242 g/mol. The summed E-state index contributed by atoms with van der Waals surface area (Å²) in [7, 11) is 0. The van der Waals surface area contributed by atoms with Crippen molar-refractivity contribution in [3.05, 3.63) is 28.8 Å². The molecule has 104 valence electrons. The van der Waals surface area contributed by atoms with Gasteiger partial charge in [0, 0.05) is 5.69 Å². The number of nitrogens with two attached hydrogens (primary N) is 1. The lowest BCUT2D eigenvalue weighted by Crippen LogP contribution is -2.34. The van der Waals surface area contributed by atoms with Crippen LogP contribution in [0.25, 0.3) is 0 Å². The van der Waals surface area contributed by atoms with Gasteiger partial charge in [-0.05, 0) is 38.3 Å². The fourth-order valence-electron chi connectivity index (χ4n) is 2.19. The molecule has 0 heterocycles.